The number of fused-ring (bicyclic) bond motifs is 2. The van der Waals surface area contributed by atoms with Gasteiger partial charge < -0.3 is 4.90 Å². The predicted octanol–water partition coefficient (Wildman–Crippen LogP) is 2.48. The van der Waals surface area contributed by atoms with E-state index in [1.54, 1.807) is 0 Å². The molecule has 1 aromatic rings. The summed E-state index contributed by atoms with van der Waals surface area (Å²) < 4.78 is 0. The third-order valence-corrected chi connectivity index (χ3v) is 4.08. The zero-order valence-electron chi connectivity index (χ0n) is 10.2. The molecule has 2 bridgehead atoms. The van der Waals surface area contributed by atoms with Crippen LogP contribution in [0.25, 0.3) is 0 Å². The first-order valence-corrected chi connectivity index (χ1v) is 6.46. The second kappa shape index (κ2) is 4.13. The summed E-state index contributed by atoms with van der Waals surface area (Å²) in [4.78, 5) is 18.4. The summed E-state index contributed by atoms with van der Waals surface area (Å²) in [5, 5.41) is 0. The van der Waals surface area contributed by atoms with E-state index in [9.17, 15) is 4.79 Å². The number of aromatic nitrogens is 1. The number of hydrogen-bond donors (Lipinski definition) is 0. The molecule has 2 fully saturated rings. The fourth-order valence-corrected chi connectivity index (χ4v) is 3.29. The number of Topliss-reactive ketones (excluding diaryl/α,β-unsaturated/α-hetero) is 1. The average Bonchev–Trinajstić information content (AvgIpc) is 2.29. The summed E-state index contributed by atoms with van der Waals surface area (Å²) in [6, 6.07) is 2.89. The molecular weight excluding hydrogens is 212 g/mol. The van der Waals surface area contributed by atoms with Gasteiger partial charge in [-0.2, -0.15) is 0 Å². The first-order chi connectivity index (χ1) is 8.25. The first kappa shape index (κ1) is 10.8. The SMILES string of the molecule is Cc1ccncc1N1C2CCCC1CC(=O)C2. The van der Waals surface area contributed by atoms with Gasteiger partial charge in [-0.3, -0.25) is 9.78 Å². The van der Waals surface area contributed by atoms with Crippen LogP contribution in [0.2, 0.25) is 0 Å². The highest BCUT2D eigenvalue weighted by Crippen LogP contribution is 2.37. The molecule has 0 spiro atoms. The summed E-state index contributed by atoms with van der Waals surface area (Å²) in [5.74, 6) is 0.442. The fraction of sp³-hybridized carbons (Fsp3) is 0.571. The fourth-order valence-electron chi connectivity index (χ4n) is 3.29. The van der Waals surface area contributed by atoms with Gasteiger partial charge in [-0.1, -0.05) is 0 Å². The number of hydrogen-bond acceptors (Lipinski definition) is 3. The number of anilines is 1. The van der Waals surface area contributed by atoms with E-state index in [1.807, 2.05) is 12.4 Å². The molecule has 90 valence electrons. The van der Waals surface area contributed by atoms with Crippen LogP contribution in [0.5, 0.6) is 0 Å². The number of pyridine rings is 1. The summed E-state index contributed by atoms with van der Waals surface area (Å²) >= 11 is 0. The van der Waals surface area contributed by atoms with E-state index < -0.39 is 0 Å². The molecule has 2 aliphatic heterocycles. The number of ketones is 1. The van der Waals surface area contributed by atoms with Crippen LogP contribution in [0.1, 0.15) is 37.7 Å². The van der Waals surface area contributed by atoms with Gasteiger partial charge in [-0.15, -0.1) is 0 Å². The Bertz CT molecular complexity index is 428. The van der Waals surface area contributed by atoms with E-state index in [0.29, 0.717) is 17.9 Å². The summed E-state index contributed by atoms with van der Waals surface area (Å²) in [7, 11) is 0. The van der Waals surface area contributed by atoms with Gasteiger partial charge in [0, 0.05) is 31.1 Å². The number of nitrogens with zero attached hydrogens (tertiary/aromatic N) is 2. The number of carbonyl (C=O) groups excluding carboxylic acids is 1. The quantitative estimate of drug-likeness (QED) is 0.743. The Hall–Kier alpha value is -1.38. The topological polar surface area (TPSA) is 33.2 Å². The van der Waals surface area contributed by atoms with Crippen molar-refractivity contribution in [2.45, 2.75) is 51.1 Å². The zero-order chi connectivity index (χ0) is 11.8. The molecular formula is C14H18N2O. The smallest absolute Gasteiger partial charge is 0.137 e. The van der Waals surface area contributed by atoms with Crippen LogP contribution in [0.4, 0.5) is 5.69 Å². The van der Waals surface area contributed by atoms with Crippen LogP contribution < -0.4 is 4.90 Å². The van der Waals surface area contributed by atoms with Gasteiger partial charge in [0.25, 0.3) is 0 Å². The molecule has 0 saturated carbocycles. The molecule has 1 aromatic heterocycles. The Morgan fingerprint density at radius 1 is 1.29 bits per heavy atom. The van der Waals surface area contributed by atoms with Gasteiger partial charge in [0.1, 0.15) is 5.78 Å². The van der Waals surface area contributed by atoms with E-state index in [2.05, 4.69) is 22.9 Å². The Kier molecular flexibility index (Phi) is 2.61. The van der Waals surface area contributed by atoms with Crippen LogP contribution >= 0.6 is 0 Å². The lowest BCUT2D eigenvalue weighted by molar-refractivity contribution is -0.121. The molecule has 2 atom stereocenters. The number of rotatable bonds is 1. The highest BCUT2D eigenvalue weighted by Gasteiger charge is 2.38. The number of piperidine rings is 2. The minimum atomic E-state index is 0.415. The van der Waals surface area contributed by atoms with E-state index in [4.69, 9.17) is 0 Å². The molecule has 0 radical (unpaired) electrons. The maximum absolute atomic E-state index is 11.7. The molecule has 3 nitrogen and oxygen atoms in total. The van der Waals surface area contributed by atoms with Crippen molar-refractivity contribution in [3.05, 3.63) is 24.0 Å². The summed E-state index contributed by atoms with van der Waals surface area (Å²) in [6.07, 6.45) is 8.81. The number of carbonyl (C=O) groups is 1. The Morgan fingerprint density at radius 3 is 2.65 bits per heavy atom. The molecule has 3 heteroatoms. The van der Waals surface area contributed by atoms with Crippen LogP contribution in [0, 0.1) is 6.92 Å². The highest BCUT2D eigenvalue weighted by molar-refractivity contribution is 5.83. The van der Waals surface area contributed by atoms with Crippen molar-refractivity contribution in [1.82, 2.24) is 4.98 Å². The van der Waals surface area contributed by atoms with E-state index in [-0.39, 0.29) is 0 Å². The molecule has 2 unspecified atom stereocenters. The third kappa shape index (κ3) is 1.84. The molecule has 3 heterocycles. The van der Waals surface area contributed by atoms with Gasteiger partial charge in [-0.05, 0) is 37.8 Å². The summed E-state index contributed by atoms with van der Waals surface area (Å²) in [5.41, 5.74) is 2.50. The molecule has 0 N–H and O–H groups in total. The van der Waals surface area contributed by atoms with Gasteiger partial charge in [-0.25, -0.2) is 0 Å². The van der Waals surface area contributed by atoms with Gasteiger partial charge in [0.2, 0.25) is 0 Å². The molecule has 2 saturated heterocycles. The van der Waals surface area contributed by atoms with Crippen molar-refractivity contribution >= 4 is 11.5 Å². The average molecular weight is 230 g/mol. The lowest BCUT2D eigenvalue weighted by Gasteiger charge is -2.47. The van der Waals surface area contributed by atoms with Crippen molar-refractivity contribution < 1.29 is 4.79 Å². The molecule has 0 aromatic carbocycles. The normalized spacial score (nSPS) is 28.3. The Balaban J connectivity index is 1.97. The second-order valence-corrected chi connectivity index (χ2v) is 5.25. The monoisotopic (exact) mass is 230 g/mol. The molecule has 17 heavy (non-hydrogen) atoms. The minimum Gasteiger partial charge on any atom is -0.363 e. The van der Waals surface area contributed by atoms with Crippen molar-refractivity contribution in [3.8, 4) is 0 Å². The molecule has 2 aliphatic rings. The maximum Gasteiger partial charge on any atom is 0.137 e. The highest BCUT2D eigenvalue weighted by atomic mass is 16.1. The standard InChI is InChI=1S/C14H18N2O/c1-10-5-6-15-9-14(10)16-11-3-2-4-12(16)8-13(17)7-11/h5-6,9,11-12H,2-4,7-8H2,1H3. The molecule has 0 amide bonds. The van der Waals surface area contributed by atoms with Crippen molar-refractivity contribution in [2.24, 2.45) is 0 Å². The van der Waals surface area contributed by atoms with Crippen LogP contribution in [0.15, 0.2) is 18.5 Å². The molecule has 3 rings (SSSR count). The third-order valence-electron chi connectivity index (χ3n) is 4.08. The number of aryl methyl sites for hydroxylation is 1. The predicted molar refractivity (Wildman–Crippen MR) is 67.1 cm³/mol. The lowest BCUT2D eigenvalue weighted by atomic mass is 9.83. The van der Waals surface area contributed by atoms with Crippen molar-refractivity contribution in [2.75, 3.05) is 4.90 Å². The van der Waals surface area contributed by atoms with Crippen molar-refractivity contribution in [3.63, 3.8) is 0 Å². The van der Waals surface area contributed by atoms with Crippen molar-refractivity contribution in [1.29, 1.82) is 0 Å². The Morgan fingerprint density at radius 2 is 2.00 bits per heavy atom. The van der Waals surface area contributed by atoms with E-state index in [1.165, 1.54) is 17.7 Å². The van der Waals surface area contributed by atoms with Gasteiger partial charge in [0.15, 0.2) is 0 Å². The van der Waals surface area contributed by atoms with Gasteiger partial charge >= 0.3 is 0 Å². The molecule has 0 aliphatic carbocycles. The first-order valence-electron chi connectivity index (χ1n) is 6.46. The minimum absolute atomic E-state index is 0.415. The van der Waals surface area contributed by atoms with E-state index >= 15 is 0 Å². The largest absolute Gasteiger partial charge is 0.363 e. The van der Waals surface area contributed by atoms with Crippen LogP contribution in [-0.4, -0.2) is 22.9 Å². The van der Waals surface area contributed by atoms with Crippen LogP contribution in [-0.2, 0) is 4.79 Å². The van der Waals surface area contributed by atoms with E-state index in [0.717, 1.165) is 25.7 Å². The van der Waals surface area contributed by atoms with Gasteiger partial charge in [0.05, 0.1) is 11.9 Å². The lowest BCUT2D eigenvalue weighted by Crippen LogP contribution is -2.52. The second-order valence-electron chi connectivity index (χ2n) is 5.25. The zero-order valence-corrected chi connectivity index (χ0v) is 10.2. The van der Waals surface area contributed by atoms with Crippen LogP contribution in [0.3, 0.4) is 0 Å². The summed E-state index contributed by atoms with van der Waals surface area (Å²) in [6.45, 7) is 2.13. The maximum atomic E-state index is 11.7. The Labute approximate surface area is 102 Å².